The molecule has 0 spiro atoms. The fourth-order valence-corrected chi connectivity index (χ4v) is 3.32. The molecule has 2 aromatic heterocycles. The number of aryl methyl sites for hydroxylation is 1. The molecule has 0 aliphatic heterocycles. The van der Waals surface area contributed by atoms with E-state index in [9.17, 15) is 0 Å². The third kappa shape index (κ3) is 5.25. The maximum Gasteiger partial charge on any atom is 0.194 e. The molecule has 2 N–H and O–H groups in total. The van der Waals surface area contributed by atoms with Gasteiger partial charge in [0.25, 0.3) is 0 Å². The van der Waals surface area contributed by atoms with Crippen molar-refractivity contribution in [1.82, 2.24) is 30.0 Å². The first kappa shape index (κ1) is 20.6. The highest BCUT2D eigenvalue weighted by Crippen LogP contribution is 2.19. The summed E-state index contributed by atoms with van der Waals surface area (Å²) >= 11 is 0. The predicted octanol–water partition coefficient (Wildman–Crippen LogP) is 3.53. The lowest BCUT2D eigenvalue weighted by atomic mass is 10.1. The van der Waals surface area contributed by atoms with Crippen LogP contribution in [-0.2, 0) is 20.1 Å². The summed E-state index contributed by atoms with van der Waals surface area (Å²) in [6.45, 7) is 8.47. The van der Waals surface area contributed by atoms with Crippen LogP contribution in [0.1, 0.15) is 43.8 Å². The largest absolute Gasteiger partial charge is 0.357 e. The monoisotopic (exact) mass is 393 g/mol. The molecule has 0 aliphatic carbocycles. The van der Waals surface area contributed by atoms with Crippen LogP contribution < -0.4 is 5.32 Å². The molecule has 3 rings (SSSR count). The summed E-state index contributed by atoms with van der Waals surface area (Å²) in [6, 6.07) is 10.2. The summed E-state index contributed by atoms with van der Waals surface area (Å²) in [7, 11) is 4.02. The number of aromatic amines is 1. The third-order valence-electron chi connectivity index (χ3n) is 4.68. The minimum atomic E-state index is 0.388. The Morgan fingerprint density at radius 1 is 1.28 bits per heavy atom. The molecular formula is C22H31N7. The van der Waals surface area contributed by atoms with Crippen LogP contribution in [0, 0.1) is 0 Å². The molecule has 0 atom stereocenters. The SMILES string of the molecule is CCNC(=NCc1ncc(-c2ccccc2)[nH]1)N(C)Cc1cn(C)nc1C(C)C. The fourth-order valence-electron chi connectivity index (χ4n) is 3.32. The van der Waals surface area contributed by atoms with E-state index in [4.69, 9.17) is 4.99 Å². The molecule has 154 valence electrons. The first-order chi connectivity index (χ1) is 14.0. The van der Waals surface area contributed by atoms with Gasteiger partial charge in [0, 0.05) is 38.9 Å². The summed E-state index contributed by atoms with van der Waals surface area (Å²) in [5.74, 6) is 2.08. The number of nitrogens with zero attached hydrogens (tertiary/aromatic N) is 5. The number of guanidine groups is 1. The van der Waals surface area contributed by atoms with E-state index in [1.807, 2.05) is 36.1 Å². The van der Waals surface area contributed by atoms with Crippen molar-refractivity contribution in [3.05, 3.63) is 59.8 Å². The van der Waals surface area contributed by atoms with Crippen LogP contribution in [0.2, 0.25) is 0 Å². The fraction of sp³-hybridized carbons (Fsp3) is 0.409. The van der Waals surface area contributed by atoms with E-state index >= 15 is 0 Å². The number of benzene rings is 1. The van der Waals surface area contributed by atoms with Gasteiger partial charge in [-0.1, -0.05) is 44.2 Å². The number of aliphatic imine (C=N–C) groups is 1. The van der Waals surface area contributed by atoms with Gasteiger partial charge in [-0.25, -0.2) is 9.98 Å². The van der Waals surface area contributed by atoms with Gasteiger partial charge in [-0.2, -0.15) is 5.10 Å². The van der Waals surface area contributed by atoms with E-state index in [-0.39, 0.29) is 0 Å². The summed E-state index contributed by atoms with van der Waals surface area (Å²) in [4.78, 5) is 14.8. The maximum absolute atomic E-state index is 4.78. The molecule has 0 bridgehead atoms. The summed E-state index contributed by atoms with van der Waals surface area (Å²) < 4.78 is 1.89. The lowest BCUT2D eigenvalue weighted by Gasteiger charge is -2.22. The molecule has 7 heteroatoms. The van der Waals surface area contributed by atoms with Crippen LogP contribution in [0.15, 0.2) is 47.7 Å². The van der Waals surface area contributed by atoms with Crippen LogP contribution in [0.25, 0.3) is 11.3 Å². The minimum absolute atomic E-state index is 0.388. The van der Waals surface area contributed by atoms with E-state index in [2.05, 4.69) is 71.4 Å². The number of nitrogens with one attached hydrogen (secondary N) is 2. The molecule has 0 fully saturated rings. The Bertz CT molecular complexity index is 937. The minimum Gasteiger partial charge on any atom is -0.357 e. The predicted molar refractivity (Wildman–Crippen MR) is 118 cm³/mol. The topological polar surface area (TPSA) is 74.1 Å². The van der Waals surface area contributed by atoms with Gasteiger partial charge >= 0.3 is 0 Å². The molecule has 0 unspecified atom stereocenters. The van der Waals surface area contributed by atoms with E-state index < -0.39 is 0 Å². The smallest absolute Gasteiger partial charge is 0.194 e. The highest BCUT2D eigenvalue weighted by Gasteiger charge is 2.15. The molecule has 29 heavy (non-hydrogen) atoms. The Morgan fingerprint density at radius 2 is 2.03 bits per heavy atom. The first-order valence-corrected chi connectivity index (χ1v) is 10.1. The quantitative estimate of drug-likeness (QED) is 0.476. The number of hydrogen-bond donors (Lipinski definition) is 2. The van der Waals surface area contributed by atoms with E-state index in [0.29, 0.717) is 12.5 Å². The van der Waals surface area contributed by atoms with Gasteiger partial charge in [0.1, 0.15) is 12.4 Å². The van der Waals surface area contributed by atoms with Crippen molar-refractivity contribution in [2.45, 2.75) is 39.8 Å². The number of H-pyrrole nitrogens is 1. The average Bonchev–Trinajstić information content (AvgIpc) is 3.32. The Balaban J connectivity index is 1.72. The molecule has 3 aromatic rings. The second-order valence-corrected chi connectivity index (χ2v) is 7.50. The van der Waals surface area contributed by atoms with Crippen LogP contribution >= 0.6 is 0 Å². The lowest BCUT2D eigenvalue weighted by Crippen LogP contribution is -2.38. The lowest BCUT2D eigenvalue weighted by molar-refractivity contribution is 0.473. The molecule has 0 aliphatic rings. The maximum atomic E-state index is 4.78. The zero-order chi connectivity index (χ0) is 20.8. The summed E-state index contributed by atoms with van der Waals surface area (Å²) in [5, 5.41) is 7.98. The third-order valence-corrected chi connectivity index (χ3v) is 4.68. The Hall–Kier alpha value is -3.09. The normalized spacial score (nSPS) is 11.9. The Labute approximate surface area is 172 Å². The van der Waals surface area contributed by atoms with Gasteiger partial charge in [-0.3, -0.25) is 4.68 Å². The van der Waals surface area contributed by atoms with Gasteiger partial charge < -0.3 is 15.2 Å². The van der Waals surface area contributed by atoms with E-state index in [0.717, 1.165) is 41.8 Å². The zero-order valence-electron chi connectivity index (χ0n) is 18.0. The van der Waals surface area contributed by atoms with Gasteiger partial charge in [-0.15, -0.1) is 0 Å². The zero-order valence-corrected chi connectivity index (χ0v) is 18.0. The molecule has 0 amide bonds. The second-order valence-electron chi connectivity index (χ2n) is 7.50. The average molecular weight is 394 g/mol. The van der Waals surface area contributed by atoms with Crippen molar-refractivity contribution in [2.75, 3.05) is 13.6 Å². The van der Waals surface area contributed by atoms with Crippen LogP contribution in [0.4, 0.5) is 0 Å². The van der Waals surface area contributed by atoms with E-state index in [1.165, 1.54) is 5.56 Å². The Kier molecular flexibility index (Phi) is 6.69. The van der Waals surface area contributed by atoms with Crippen molar-refractivity contribution in [3.63, 3.8) is 0 Å². The van der Waals surface area contributed by atoms with Gasteiger partial charge in [0.05, 0.1) is 17.6 Å². The van der Waals surface area contributed by atoms with Crippen molar-refractivity contribution < 1.29 is 0 Å². The summed E-state index contributed by atoms with van der Waals surface area (Å²) in [5.41, 5.74) is 4.48. The molecule has 0 radical (unpaired) electrons. The van der Waals surface area contributed by atoms with Gasteiger partial charge in [-0.05, 0) is 18.4 Å². The number of imidazole rings is 1. The molecule has 7 nitrogen and oxygen atoms in total. The summed E-state index contributed by atoms with van der Waals surface area (Å²) in [6.07, 6.45) is 3.95. The van der Waals surface area contributed by atoms with Crippen molar-refractivity contribution in [3.8, 4) is 11.3 Å². The standard InChI is InChI=1S/C22H31N7/c1-6-23-22(28(4)14-18-15-29(5)27-21(18)16(2)3)25-13-20-24-12-19(26-20)17-10-8-7-9-11-17/h7-12,15-16H,6,13-14H2,1-5H3,(H,23,25)(H,24,26). The van der Waals surface area contributed by atoms with Crippen molar-refractivity contribution >= 4 is 5.96 Å². The van der Waals surface area contributed by atoms with Crippen molar-refractivity contribution in [2.24, 2.45) is 12.0 Å². The number of rotatable bonds is 7. The number of aromatic nitrogens is 4. The van der Waals surface area contributed by atoms with Gasteiger partial charge in [0.15, 0.2) is 5.96 Å². The highest BCUT2D eigenvalue weighted by molar-refractivity contribution is 5.79. The first-order valence-electron chi connectivity index (χ1n) is 10.1. The van der Waals surface area contributed by atoms with Crippen LogP contribution in [0.3, 0.4) is 0 Å². The molecule has 2 heterocycles. The van der Waals surface area contributed by atoms with Crippen LogP contribution in [0.5, 0.6) is 0 Å². The second kappa shape index (κ2) is 9.41. The highest BCUT2D eigenvalue weighted by atomic mass is 15.3. The Morgan fingerprint density at radius 3 is 2.72 bits per heavy atom. The molecule has 1 aromatic carbocycles. The van der Waals surface area contributed by atoms with Crippen molar-refractivity contribution in [1.29, 1.82) is 0 Å². The molecular weight excluding hydrogens is 362 g/mol. The number of hydrogen-bond acceptors (Lipinski definition) is 3. The van der Waals surface area contributed by atoms with E-state index in [1.54, 1.807) is 0 Å². The van der Waals surface area contributed by atoms with Gasteiger partial charge in [0.2, 0.25) is 0 Å². The molecule has 0 saturated carbocycles. The molecule has 0 saturated heterocycles. The van der Waals surface area contributed by atoms with Crippen LogP contribution in [-0.4, -0.2) is 44.2 Å².